The molecule has 21 heavy (non-hydrogen) atoms. The van der Waals surface area contributed by atoms with Crippen molar-refractivity contribution in [2.24, 2.45) is 0 Å². The average molecular weight is 279 g/mol. The van der Waals surface area contributed by atoms with E-state index >= 15 is 0 Å². The summed E-state index contributed by atoms with van der Waals surface area (Å²) in [5.41, 5.74) is 2.74. The van der Waals surface area contributed by atoms with Gasteiger partial charge in [-0.3, -0.25) is 13.7 Å². The Hall–Kier alpha value is -3.36. The van der Waals surface area contributed by atoms with Crippen molar-refractivity contribution in [1.82, 2.24) is 44.3 Å². The van der Waals surface area contributed by atoms with E-state index in [1.54, 1.807) is 38.0 Å². The first-order chi connectivity index (χ1) is 10.4. The van der Waals surface area contributed by atoms with Crippen molar-refractivity contribution in [2.75, 3.05) is 0 Å². The molecule has 0 radical (unpaired) electrons. The maximum atomic E-state index is 3.83. The second-order valence-corrected chi connectivity index (χ2v) is 4.32. The molecule has 0 spiro atoms. The standard InChI is InChI=1S/C12H9N9/c1-10(19-4-13-14-5-19)2-12(21-8-17-18-9-21)3-11(1)20-6-15-16-7-20/h1-9H. The minimum absolute atomic E-state index is 0.912. The third kappa shape index (κ3) is 2.06. The summed E-state index contributed by atoms with van der Waals surface area (Å²) in [6, 6.07) is 5.96. The van der Waals surface area contributed by atoms with Crippen LogP contribution in [0.5, 0.6) is 0 Å². The van der Waals surface area contributed by atoms with E-state index in [0.29, 0.717) is 0 Å². The van der Waals surface area contributed by atoms with Crippen LogP contribution in [0.15, 0.2) is 56.2 Å². The van der Waals surface area contributed by atoms with Crippen molar-refractivity contribution >= 4 is 0 Å². The fourth-order valence-electron chi connectivity index (χ4n) is 2.03. The van der Waals surface area contributed by atoms with Crippen LogP contribution in [0.4, 0.5) is 0 Å². The van der Waals surface area contributed by atoms with Gasteiger partial charge in [0.1, 0.15) is 38.0 Å². The number of nitrogens with zero attached hydrogens (tertiary/aromatic N) is 9. The Kier molecular flexibility index (Phi) is 2.53. The Balaban J connectivity index is 1.92. The Morgan fingerprint density at radius 2 is 0.667 bits per heavy atom. The second-order valence-electron chi connectivity index (χ2n) is 4.32. The summed E-state index contributed by atoms with van der Waals surface area (Å²) < 4.78 is 5.46. The normalized spacial score (nSPS) is 10.9. The fourth-order valence-corrected chi connectivity index (χ4v) is 2.03. The predicted octanol–water partition coefficient (Wildman–Crippen LogP) is 0.429. The molecule has 0 amide bonds. The second kappa shape index (κ2) is 4.63. The zero-order valence-electron chi connectivity index (χ0n) is 10.7. The lowest BCUT2D eigenvalue weighted by Crippen LogP contribution is -2.00. The van der Waals surface area contributed by atoms with Gasteiger partial charge in [0.05, 0.1) is 17.1 Å². The summed E-state index contributed by atoms with van der Waals surface area (Å²) in [4.78, 5) is 0. The van der Waals surface area contributed by atoms with Gasteiger partial charge >= 0.3 is 0 Å². The van der Waals surface area contributed by atoms with Gasteiger partial charge < -0.3 is 0 Å². The molecule has 3 aromatic heterocycles. The van der Waals surface area contributed by atoms with Crippen LogP contribution in [-0.4, -0.2) is 44.3 Å². The first kappa shape index (κ1) is 11.5. The number of hydrogen-bond donors (Lipinski definition) is 0. The summed E-state index contributed by atoms with van der Waals surface area (Å²) in [6.45, 7) is 0. The molecule has 3 heterocycles. The van der Waals surface area contributed by atoms with Crippen LogP contribution in [0.25, 0.3) is 17.1 Å². The summed E-state index contributed by atoms with van der Waals surface area (Å²) in [5.74, 6) is 0. The van der Waals surface area contributed by atoms with Crippen molar-refractivity contribution in [3.63, 3.8) is 0 Å². The van der Waals surface area contributed by atoms with E-state index in [4.69, 9.17) is 0 Å². The SMILES string of the molecule is c1c(-n2cnnc2)cc(-n2cnnc2)cc1-n1cnnc1. The highest BCUT2D eigenvalue weighted by Crippen LogP contribution is 2.19. The number of aromatic nitrogens is 9. The first-order valence-electron chi connectivity index (χ1n) is 6.10. The van der Waals surface area contributed by atoms with Crippen molar-refractivity contribution in [1.29, 1.82) is 0 Å². The molecule has 0 saturated carbocycles. The average Bonchev–Trinajstić information content (AvgIpc) is 3.29. The van der Waals surface area contributed by atoms with E-state index < -0.39 is 0 Å². The molecule has 0 aliphatic heterocycles. The molecular formula is C12H9N9. The largest absolute Gasteiger partial charge is 0.288 e. The highest BCUT2D eigenvalue weighted by molar-refractivity contribution is 5.53. The predicted molar refractivity (Wildman–Crippen MR) is 71.2 cm³/mol. The number of hydrogen-bond acceptors (Lipinski definition) is 6. The van der Waals surface area contributed by atoms with E-state index in [2.05, 4.69) is 30.6 Å². The molecular weight excluding hydrogens is 270 g/mol. The van der Waals surface area contributed by atoms with Crippen LogP contribution in [0.1, 0.15) is 0 Å². The molecule has 0 atom stereocenters. The quantitative estimate of drug-likeness (QED) is 0.540. The van der Waals surface area contributed by atoms with Crippen LogP contribution >= 0.6 is 0 Å². The maximum absolute atomic E-state index is 3.83. The van der Waals surface area contributed by atoms with Crippen LogP contribution in [0.3, 0.4) is 0 Å². The molecule has 9 nitrogen and oxygen atoms in total. The van der Waals surface area contributed by atoms with E-state index in [-0.39, 0.29) is 0 Å². The summed E-state index contributed by atoms with van der Waals surface area (Å²) >= 11 is 0. The van der Waals surface area contributed by atoms with Gasteiger partial charge in [0.2, 0.25) is 0 Å². The molecule has 0 fully saturated rings. The zero-order chi connectivity index (χ0) is 14.1. The van der Waals surface area contributed by atoms with E-state index in [9.17, 15) is 0 Å². The summed E-state index contributed by atoms with van der Waals surface area (Å²) in [5, 5.41) is 23.0. The Bertz CT molecular complexity index is 704. The van der Waals surface area contributed by atoms with Gasteiger partial charge in [0.15, 0.2) is 0 Å². The van der Waals surface area contributed by atoms with Crippen LogP contribution in [-0.2, 0) is 0 Å². The highest BCUT2D eigenvalue weighted by atomic mass is 15.3. The zero-order valence-corrected chi connectivity index (χ0v) is 10.7. The Labute approximate surface area is 118 Å². The molecule has 0 unspecified atom stereocenters. The number of benzene rings is 1. The van der Waals surface area contributed by atoms with Crippen molar-refractivity contribution < 1.29 is 0 Å². The maximum Gasteiger partial charge on any atom is 0.123 e. The molecule has 4 aromatic rings. The van der Waals surface area contributed by atoms with Crippen LogP contribution in [0, 0.1) is 0 Å². The van der Waals surface area contributed by atoms with Gasteiger partial charge in [-0.2, -0.15) is 0 Å². The number of rotatable bonds is 3. The van der Waals surface area contributed by atoms with Crippen molar-refractivity contribution in [2.45, 2.75) is 0 Å². The summed E-state index contributed by atoms with van der Waals surface area (Å²) in [7, 11) is 0. The molecule has 4 rings (SSSR count). The Morgan fingerprint density at radius 1 is 0.429 bits per heavy atom. The van der Waals surface area contributed by atoms with Crippen molar-refractivity contribution in [3.8, 4) is 17.1 Å². The van der Waals surface area contributed by atoms with Gasteiger partial charge in [-0.05, 0) is 18.2 Å². The lowest BCUT2D eigenvalue weighted by atomic mass is 10.2. The van der Waals surface area contributed by atoms with Crippen LogP contribution in [0.2, 0.25) is 0 Å². The molecule has 102 valence electrons. The van der Waals surface area contributed by atoms with Gasteiger partial charge in [0.25, 0.3) is 0 Å². The van der Waals surface area contributed by atoms with Gasteiger partial charge in [-0.1, -0.05) is 0 Å². The monoisotopic (exact) mass is 279 g/mol. The first-order valence-corrected chi connectivity index (χ1v) is 6.10. The third-order valence-corrected chi connectivity index (χ3v) is 3.04. The molecule has 1 aromatic carbocycles. The lowest BCUT2D eigenvalue weighted by molar-refractivity contribution is 0.989. The summed E-state index contributed by atoms with van der Waals surface area (Å²) in [6.07, 6.45) is 9.84. The van der Waals surface area contributed by atoms with Gasteiger partial charge in [-0.25, -0.2) is 0 Å². The third-order valence-electron chi connectivity index (χ3n) is 3.04. The molecule has 0 aliphatic carbocycles. The Morgan fingerprint density at radius 3 is 0.905 bits per heavy atom. The highest BCUT2D eigenvalue weighted by Gasteiger charge is 2.06. The van der Waals surface area contributed by atoms with E-state index in [1.165, 1.54) is 0 Å². The van der Waals surface area contributed by atoms with Crippen molar-refractivity contribution in [3.05, 3.63) is 56.2 Å². The fraction of sp³-hybridized carbons (Fsp3) is 0. The van der Waals surface area contributed by atoms with Gasteiger partial charge in [0, 0.05) is 0 Å². The smallest absolute Gasteiger partial charge is 0.123 e. The topological polar surface area (TPSA) is 92.1 Å². The molecule has 9 heteroatoms. The minimum Gasteiger partial charge on any atom is -0.288 e. The van der Waals surface area contributed by atoms with E-state index in [1.807, 2.05) is 31.9 Å². The van der Waals surface area contributed by atoms with Gasteiger partial charge in [-0.15, -0.1) is 30.6 Å². The molecule has 0 bridgehead atoms. The van der Waals surface area contributed by atoms with E-state index in [0.717, 1.165) is 17.1 Å². The lowest BCUT2D eigenvalue weighted by Gasteiger charge is -2.10. The molecule has 0 N–H and O–H groups in total. The molecule has 0 aliphatic rings. The van der Waals surface area contributed by atoms with Crippen LogP contribution < -0.4 is 0 Å². The molecule has 0 saturated heterocycles. The minimum atomic E-state index is 0.912.